The van der Waals surface area contributed by atoms with Crippen molar-refractivity contribution < 1.29 is 14.3 Å². The Bertz CT molecular complexity index is 1040. The lowest BCUT2D eigenvalue weighted by Crippen LogP contribution is -2.50. The largest absolute Gasteiger partial charge is 0.480 e. The van der Waals surface area contributed by atoms with Crippen molar-refractivity contribution in [2.45, 2.75) is 69.9 Å². The normalized spacial score (nSPS) is 22.9. The molecule has 1 N–H and O–H groups in total. The van der Waals surface area contributed by atoms with Gasteiger partial charge in [-0.1, -0.05) is 19.1 Å². The number of imidazole rings is 1. The van der Waals surface area contributed by atoms with Gasteiger partial charge in [0.2, 0.25) is 0 Å². The Hall–Kier alpha value is -2.54. The molecule has 178 valence electrons. The topological polar surface area (TPSA) is 68.6 Å². The monoisotopic (exact) mass is 452 g/mol. The molecule has 4 heterocycles. The van der Waals surface area contributed by atoms with E-state index in [-0.39, 0.29) is 11.6 Å². The highest BCUT2D eigenvalue weighted by molar-refractivity contribution is 5.73. The number of nitrogens with one attached hydrogen (secondary N) is 1. The summed E-state index contributed by atoms with van der Waals surface area (Å²) >= 11 is 0. The molecule has 0 bridgehead atoms. The van der Waals surface area contributed by atoms with Crippen LogP contribution in [0, 0.1) is 0 Å². The zero-order chi connectivity index (χ0) is 23.2. The highest BCUT2D eigenvalue weighted by atomic mass is 16.6. The van der Waals surface area contributed by atoms with Crippen molar-refractivity contribution in [1.29, 1.82) is 0 Å². The second-order valence-electron chi connectivity index (χ2n) is 10.4. The molecule has 0 aliphatic carbocycles. The first-order valence-corrected chi connectivity index (χ1v) is 12.4. The third-order valence-corrected chi connectivity index (χ3v) is 7.49. The number of amides is 1. The number of carbonyl (C=O) groups excluding carboxylic acids is 1. The number of likely N-dealkylation sites (tertiary alicyclic amines) is 1. The fraction of sp³-hybridized carbons (Fsp3) is 0.615. The average Bonchev–Trinajstić information content (AvgIpc) is 3.16. The first-order chi connectivity index (χ1) is 15.8. The smallest absolute Gasteiger partial charge is 0.409 e. The van der Waals surface area contributed by atoms with Crippen molar-refractivity contribution >= 4 is 6.09 Å². The molecule has 0 saturated carbocycles. The Morgan fingerprint density at radius 1 is 1.27 bits per heavy atom. The van der Waals surface area contributed by atoms with E-state index in [9.17, 15) is 4.79 Å². The van der Waals surface area contributed by atoms with E-state index in [2.05, 4.69) is 42.9 Å². The molecule has 1 amide bonds. The number of fused-ring (bicyclic) bond motifs is 4. The van der Waals surface area contributed by atoms with Crippen LogP contribution >= 0.6 is 0 Å². The van der Waals surface area contributed by atoms with Crippen molar-refractivity contribution in [2.24, 2.45) is 7.05 Å². The minimum absolute atomic E-state index is 0.103. The molecule has 7 heteroatoms. The van der Waals surface area contributed by atoms with E-state index in [0.717, 1.165) is 67.2 Å². The van der Waals surface area contributed by atoms with E-state index in [1.807, 2.05) is 24.0 Å². The number of piperidine rings is 2. The molecule has 1 aromatic heterocycles. The number of hydrogen-bond acceptors (Lipinski definition) is 5. The number of ether oxygens (including phenoxy) is 2. The van der Waals surface area contributed by atoms with Crippen LogP contribution in [0.5, 0.6) is 5.75 Å². The number of para-hydroxylation sites is 1. The van der Waals surface area contributed by atoms with Gasteiger partial charge in [0.15, 0.2) is 5.60 Å². The van der Waals surface area contributed by atoms with Gasteiger partial charge < -0.3 is 24.3 Å². The molecule has 5 rings (SSSR count). The van der Waals surface area contributed by atoms with Crippen LogP contribution in [0.3, 0.4) is 0 Å². The summed E-state index contributed by atoms with van der Waals surface area (Å²) in [5.41, 5.74) is 2.90. The molecule has 33 heavy (non-hydrogen) atoms. The fourth-order valence-electron chi connectivity index (χ4n) is 5.87. The Labute approximate surface area is 196 Å². The Morgan fingerprint density at radius 3 is 2.76 bits per heavy atom. The van der Waals surface area contributed by atoms with Crippen molar-refractivity contribution in [3.8, 4) is 17.0 Å². The molecular formula is C26H36N4O3. The van der Waals surface area contributed by atoms with Gasteiger partial charge in [0.05, 0.1) is 18.0 Å². The van der Waals surface area contributed by atoms with Gasteiger partial charge in [-0.2, -0.15) is 0 Å². The van der Waals surface area contributed by atoms with Crippen LogP contribution in [0.1, 0.15) is 70.3 Å². The lowest BCUT2D eigenvalue weighted by Gasteiger charge is -2.44. The van der Waals surface area contributed by atoms with Crippen LogP contribution in [-0.4, -0.2) is 52.3 Å². The minimum Gasteiger partial charge on any atom is -0.480 e. The molecule has 0 radical (unpaired) electrons. The first kappa shape index (κ1) is 22.3. The molecule has 2 aromatic rings. The number of hydrogen-bond donors (Lipinski definition) is 1. The molecular weight excluding hydrogens is 416 g/mol. The van der Waals surface area contributed by atoms with Gasteiger partial charge in [0, 0.05) is 50.0 Å². The lowest BCUT2D eigenvalue weighted by molar-refractivity contribution is -0.0107. The number of carbonyl (C=O) groups is 1. The second kappa shape index (κ2) is 8.35. The van der Waals surface area contributed by atoms with Crippen LogP contribution < -0.4 is 10.1 Å². The number of benzene rings is 1. The molecule has 1 spiro atoms. The van der Waals surface area contributed by atoms with Crippen LogP contribution in [-0.2, 0) is 17.4 Å². The quantitative estimate of drug-likeness (QED) is 0.739. The summed E-state index contributed by atoms with van der Waals surface area (Å²) in [6.07, 6.45) is 4.21. The van der Waals surface area contributed by atoms with E-state index in [4.69, 9.17) is 14.5 Å². The van der Waals surface area contributed by atoms with Crippen LogP contribution in [0.25, 0.3) is 11.3 Å². The molecule has 3 aliphatic rings. The van der Waals surface area contributed by atoms with Crippen molar-refractivity contribution in [3.05, 3.63) is 35.8 Å². The van der Waals surface area contributed by atoms with Gasteiger partial charge in [-0.15, -0.1) is 0 Å². The van der Waals surface area contributed by atoms with E-state index >= 15 is 0 Å². The van der Waals surface area contributed by atoms with Gasteiger partial charge in [0.1, 0.15) is 11.6 Å². The molecule has 7 nitrogen and oxygen atoms in total. The number of aromatic nitrogens is 2. The second-order valence-corrected chi connectivity index (χ2v) is 10.4. The molecule has 0 unspecified atom stereocenters. The molecule has 3 aliphatic heterocycles. The van der Waals surface area contributed by atoms with Crippen molar-refractivity contribution in [3.63, 3.8) is 0 Å². The molecule has 2 saturated heterocycles. The van der Waals surface area contributed by atoms with Gasteiger partial charge in [0.25, 0.3) is 0 Å². The minimum atomic E-state index is -0.479. The summed E-state index contributed by atoms with van der Waals surface area (Å²) in [5.74, 6) is 2.45. The first-order valence-electron chi connectivity index (χ1n) is 12.4. The Balaban J connectivity index is 1.51. The standard InChI is InChI=1S/C26H36N4O3/c1-5-16-32-24(31)30-14-11-26(12-15-30)22-21(19-8-6-7-9-20(19)33-26)28-23(29(22)4)18-10-13-27-25(2,3)17-18/h6-9,18,27H,5,10-17H2,1-4H3/t18-/m1/s1. The van der Waals surface area contributed by atoms with Crippen LogP contribution in [0.15, 0.2) is 24.3 Å². The zero-order valence-corrected chi connectivity index (χ0v) is 20.3. The summed E-state index contributed by atoms with van der Waals surface area (Å²) in [6, 6.07) is 8.23. The highest BCUT2D eigenvalue weighted by Crippen LogP contribution is 2.50. The average molecular weight is 453 g/mol. The summed E-state index contributed by atoms with van der Waals surface area (Å²) in [4.78, 5) is 19.5. The Kier molecular flexibility index (Phi) is 5.63. The fourth-order valence-corrected chi connectivity index (χ4v) is 5.87. The maximum Gasteiger partial charge on any atom is 0.409 e. The summed E-state index contributed by atoms with van der Waals surface area (Å²) < 4.78 is 14.5. The predicted octanol–water partition coefficient (Wildman–Crippen LogP) is 4.56. The maximum atomic E-state index is 12.5. The van der Waals surface area contributed by atoms with Gasteiger partial charge in [-0.3, -0.25) is 0 Å². The highest BCUT2D eigenvalue weighted by Gasteiger charge is 2.48. The third-order valence-electron chi connectivity index (χ3n) is 7.49. The van der Waals surface area contributed by atoms with Crippen LogP contribution in [0.2, 0.25) is 0 Å². The van der Waals surface area contributed by atoms with Crippen LogP contribution in [0.4, 0.5) is 4.79 Å². The molecule has 1 atom stereocenters. The summed E-state index contributed by atoms with van der Waals surface area (Å²) in [5, 5.41) is 3.63. The maximum absolute atomic E-state index is 12.5. The van der Waals surface area contributed by atoms with E-state index in [0.29, 0.717) is 25.6 Å². The summed E-state index contributed by atoms with van der Waals surface area (Å²) in [7, 11) is 2.15. The van der Waals surface area contributed by atoms with E-state index < -0.39 is 5.60 Å². The van der Waals surface area contributed by atoms with Crippen molar-refractivity contribution in [2.75, 3.05) is 26.2 Å². The molecule has 2 fully saturated rings. The summed E-state index contributed by atoms with van der Waals surface area (Å²) in [6.45, 7) is 9.26. The van der Waals surface area contributed by atoms with Crippen molar-refractivity contribution in [1.82, 2.24) is 19.8 Å². The SMILES string of the molecule is CCCOC(=O)N1CCC2(CC1)Oc1ccccc1-c1nc([C@@H]3CCNC(C)(C)C3)n(C)c12. The lowest BCUT2D eigenvalue weighted by atomic mass is 9.83. The van der Waals surface area contributed by atoms with Gasteiger partial charge >= 0.3 is 6.09 Å². The number of nitrogens with zero attached hydrogens (tertiary/aromatic N) is 3. The third kappa shape index (κ3) is 3.90. The molecule has 1 aromatic carbocycles. The van der Waals surface area contributed by atoms with Gasteiger partial charge in [-0.05, 0) is 51.8 Å². The van der Waals surface area contributed by atoms with E-state index in [1.165, 1.54) is 0 Å². The Morgan fingerprint density at radius 2 is 2.03 bits per heavy atom. The predicted molar refractivity (Wildman–Crippen MR) is 127 cm³/mol. The van der Waals surface area contributed by atoms with E-state index in [1.54, 1.807) is 0 Å². The number of rotatable bonds is 3. The van der Waals surface area contributed by atoms with Gasteiger partial charge in [-0.25, -0.2) is 9.78 Å². The zero-order valence-electron chi connectivity index (χ0n) is 20.3.